The van der Waals surface area contributed by atoms with E-state index in [0.717, 1.165) is 0 Å². The lowest BCUT2D eigenvalue weighted by Crippen LogP contribution is -2.45. The molecule has 1 N–H and O–H groups in total. The van der Waals surface area contributed by atoms with Gasteiger partial charge in [0, 0.05) is 25.4 Å². The molecule has 0 bridgehead atoms. The van der Waals surface area contributed by atoms with Gasteiger partial charge in [-0.3, -0.25) is 14.9 Å². The van der Waals surface area contributed by atoms with E-state index in [1.165, 1.54) is 0 Å². The Bertz CT molecular complexity index is 720. The van der Waals surface area contributed by atoms with Gasteiger partial charge in [0.1, 0.15) is 5.75 Å². The maximum absolute atomic E-state index is 12.3. The van der Waals surface area contributed by atoms with E-state index in [-0.39, 0.29) is 30.7 Å². The summed E-state index contributed by atoms with van der Waals surface area (Å²) < 4.78 is 5.56. The molecule has 7 heteroatoms. The van der Waals surface area contributed by atoms with Crippen molar-refractivity contribution in [2.45, 2.75) is 19.4 Å². The number of nitrogens with zero attached hydrogens (tertiary/aromatic N) is 3. The van der Waals surface area contributed by atoms with Gasteiger partial charge < -0.3 is 9.64 Å². The first-order valence-corrected chi connectivity index (χ1v) is 7.29. The molecule has 118 valence electrons. The van der Waals surface area contributed by atoms with Gasteiger partial charge in [-0.15, -0.1) is 0 Å². The Hall–Kier alpha value is -2.96. The lowest BCUT2D eigenvalue weighted by atomic mass is 10.1. The largest absolute Gasteiger partial charge is 0.479 e. The number of anilines is 2. The van der Waals surface area contributed by atoms with Gasteiger partial charge in [-0.25, -0.2) is 9.97 Å². The van der Waals surface area contributed by atoms with Crippen LogP contribution < -0.4 is 15.0 Å². The molecule has 0 spiro atoms. The molecule has 0 saturated heterocycles. The second kappa shape index (κ2) is 6.43. The Morgan fingerprint density at radius 2 is 2.00 bits per heavy atom. The highest BCUT2D eigenvalue weighted by Crippen LogP contribution is 2.33. The molecule has 2 amide bonds. The maximum Gasteiger partial charge on any atom is 0.267 e. The second-order valence-corrected chi connectivity index (χ2v) is 5.09. The smallest absolute Gasteiger partial charge is 0.267 e. The van der Waals surface area contributed by atoms with Crippen LogP contribution in [0.15, 0.2) is 42.7 Å². The molecule has 1 aliphatic heterocycles. The van der Waals surface area contributed by atoms with Crippen molar-refractivity contribution in [3.05, 3.63) is 42.7 Å². The SMILES string of the molecule is C[C@H]1Oc2ccccc2N(CCC(=O)Nc2ncccn2)C1=O. The Morgan fingerprint density at radius 3 is 2.78 bits per heavy atom. The third kappa shape index (κ3) is 3.28. The van der Waals surface area contributed by atoms with Gasteiger partial charge in [0.15, 0.2) is 6.10 Å². The molecule has 23 heavy (non-hydrogen) atoms. The first-order chi connectivity index (χ1) is 11.1. The Labute approximate surface area is 133 Å². The summed E-state index contributed by atoms with van der Waals surface area (Å²) in [6, 6.07) is 8.95. The number of carbonyl (C=O) groups is 2. The van der Waals surface area contributed by atoms with E-state index in [0.29, 0.717) is 11.4 Å². The molecule has 1 aromatic carbocycles. The predicted molar refractivity (Wildman–Crippen MR) is 84.2 cm³/mol. The van der Waals surface area contributed by atoms with Gasteiger partial charge in [-0.05, 0) is 25.1 Å². The number of ether oxygens (including phenoxy) is 1. The van der Waals surface area contributed by atoms with Gasteiger partial charge in [0.2, 0.25) is 11.9 Å². The average Bonchev–Trinajstić information content (AvgIpc) is 2.56. The van der Waals surface area contributed by atoms with E-state index in [2.05, 4.69) is 15.3 Å². The highest BCUT2D eigenvalue weighted by atomic mass is 16.5. The van der Waals surface area contributed by atoms with Gasteiger partial charge in [-0.1, -0.05) is 12.1 Å². The fourth-order valence-corrected chi connectivity index (χ4v) is 2.35. The van der Waals surface area contributed by atoms with E-state index >= 15 is 0 Å². The number of hydrogen-bond acceptors (Lipinski definition) is 5. The molecule has 2 heterocycles. The number of para-hydroxylation sites is 2. The zero-order chi connectivity index (χ0) is 16.2. The first-order valence-electron chi connectivity index (χ1n) is 7.29. The fourth-order valence-electron chi connectivity index (χ4n) is 2.35. The number of nitrogens with one attached hydrogen (secondary N) is 1. The van der Waals surface area contributed by atoms with Crippen LogP contribution in [-0.2, 0) is 9.59 Å². The molecule has 1 aromatic heterocycles. The van der Waals surface area contributed by atoms with Crippen LogP contribution in [0.4, 0.5) is 11.6 Å². The average molecular weight is 312 g/mol. The number of benzene rings is 1. The highest BCUT2D eigenvalue weighted by Gasteiger charge is 2.31. The van der Waals surface area contributed by atoms with Crippen molar-refractivity contribution < 1.29 is 14.3 Å². The highest BCUT2D eigenvalue weighted by molar-refractivity contribution is 6.00. The monoisotopic (exact) mass is 312 g/mol. The maximum atomic E-state index is 12.3. The van der Waals surface area contributed by atoms with E-state index in [1.54, 1.807) is 36.4 Å². The number of aromatic nitrogens is 2. The molecule has 0 saturated carbocycles. The van der Waals surface area contributed by atoms with Gasteiger partial charge in [-0.2, -0.15) is 0 Å². The lowest BCUT2D eigenvalue weighted by Gasteiger charge is -2.32. The van der Waals surface area contributed by atoms with Crippen molar-refractivity contribution >= 4 is 23.5 Å². The Kier molecular flexibility index (Phi) is 4.18. The minimum atomic E-state index is -0.564. The van der Waals surface area contributed by atoms with Crippen LogP contribution >= 0.6 is 0 Å². The predicted octanol–water partition coefficient (Wildman–Crippen LogP) is 1.62. The number of amides is 2. The number of carbonyl (C=O) groups excluding carboxylic acids is 2. The topological polar surface area (TPSA) is 84.4 Å². The molecule has 0 radical (unpaired) electrons. The van der Waals surface area contributed by atoms with Crippen molar-refractivity contribution in [3.8, 4) is 5.75 Å². The van der Waals surface area contributed by atoms with Crippen LogP contribution in [0.5, 0.6) is 5.75 Å². The lowest BCUT2D eigenvalue weighted by molar-refractivity contribution is -0.125. The van der Waals surface area contributed by atoms with Crippen molar-refractivity contribution in [1.29, 1.82) is 0 Å². The Morgan fingerprint density at radius 1 is 1.26 bits per heavy atom. The number of fused-ring (bicyclic) bond motifs is 1. The summed E-state index contributed by atoms with van der Waals surface area (Å²) in [6.45, 7) is 1.96. The van der Waals surface area contributed by atoms with Crippen LogP contribution in [0.3, 0.4) is 0 Å². The van der Waals surface area contributed by atoms with Gasteiger partial charge >= 0.3 is 0 Å². The molecule has 7 nitrogen and oxygen atoms in total. The summed E-state index contributed by atoms with van der Waals surface area (Å²) in [6.07, 6.45) is 2.67. The van der Waals surface area contributed by atoms with E-state index < -0.39 is 6.10 Å². The van der Waals surface area contributed by atoms with Crippen LogP contribution in [0, 0.1) is 0 Å². The normalized spacial score (nSPS) is 16.5. The molecule has 0 fully saturated rings. The molecule has 1 aliphatic rings. The van der Waals surface area contributed by atoms with E-state index in [9.17, 15) is 9.59 Å². The fraction of sp³-hybridized carbons (Fsp3) is 0.250. The van der Waals surface area contributed by atoms with Crippen molar-refractivity contribution in [2.24, 2.45) is 0 Å². The van der Waals surface area contributed by atoms with Gasteiger partial charge in [0.05, 0.1) is 5.69 Å². The quantitative estimate of drug-likeness (QED) is 0.927. The minimum Gasteiger partial charge on any atom is -0.479 e. The third-order valence-corrected chi connectivity index (χ3v) is 3.45. The number of rotatable bonds is 4. The minimum absolute atomic E-state index is 0.144. The first kappa shape index (κ1) is 15.0. The molecular formula is C16H16N4O3. The van der Waals surface area contributed by atoms with E-state index in [4.69, 9.17) is 4.74 Å². The molecule has 2 aromatic rings. The van der Waals surface area contributed by atoms with Crippen molar-refractivity contribution in [2.75, 3.05) is 16.8 Å². The summed E-state index contributed by atoms with van der Waals surface area (Å²) >= 11 is 0. The van der Waals surface area contributed by atoms with Gasteiger partial charge in [0.25, 0.3) is 5.91 Å². The molecular weight excluding hydrogens is 296 g/mol. The zero-order valence-electron chi connectivity index (χ0n) is 12.6. The van der Waals surface area contributed by atoms with Crippen LogP contribution in [0.2, 0.25) is 0 Å². The number of hydrogen-bond donors (Lipinski definition) is 1. The summed E-state index contributed by atoms with van der Waals surface area (Å²) in [7, 11) is 0. The zero-order valence-corrected chi connectivity index (χ0v) is 12.6. The second-order valence-electron chi connectivity index (χ2n) is 5.09. The Balaban J connectivity index is 1.67. The van der Waals surface area contributed by atoms with Crippen LogP contribution in [0.25, 0.3) is 0 Å². The van der Waals surface area contributed by atoms with Crippen molar-refractivity contribution in [1.82, 2.24) is 9.97 Å². The third-order valence-electron chi connectivity index (χ3n) is 3.45. The van der Waals surface area contributed by atoms with Crippen LogP contribution in [-0.4, -0.2) is 34.4 Å². The van der Waals surface area contributed by atoms with Crippen molar-refractivity contribution in [3.63, 3.8) is 0 Å². The molecule has 0 aliphatic carbocycles. The standard InChI is InChI=1S/C16H16N4O3/c1-11-15(22)20(12-5-2-3-6-13(12)23-11)10-7-14(21)19-16-17-8-4-9-18-16/h2-6,8-9,11H,7,10H2,1H3,(H,17,18,19,21)/t11-/m1/s1. The summed E-state index contributed by atoms with van der Waals surface area (Å²) in [5.74, 6) is 0.485. The summed E-state index contributed by atoms with van der Waals surface area (Å²) in [5.41, 5.74) is 0.680. The summed E-state index contributed by atoms with van der Waals surface area (Å²) in [4.78, 5) is 33.7. The molecule has 3 rings (SSSR count). The molecule has 1 atom stereocenters. The van der Waals surface area contributed by atoms with Crippen LogP contribution in [0.1, 0.15) is 13.3 Å². The molecule has 0 unspecified atom stereocenters. The summed E-state index contributed by atoms with van der Waals surface area (Å²) in [5, 5.41) is 2.60. The van der Waals surface area contributed by atoms with E-state index in [1.807, 2.05) is 18.2 Å².